The maximum atomic E-state index is 12.6. The van der Waals surface area contributed by atoms with Crippen LogP contribution in [-0.2, 0) is 11.3 Å². The van der Waals surface area contributed by atoms with Crippen molar-refractivity contribution in [1.29, 1.82) is 0 Å². The van der Waals surface area contributed by atoms with Crippen molar-refractivity contribution in [3.8, 4) is 5.75 Å². The number of hydrogen-bond acceptors (Lipinski definition) is 5. The molecule has 2 saturated heterocycles. The number of hydrogen-bond donors (Lipinski definition) is 2. The first kappa shape index (κ1) is 23.6. The molecule has 1 unspecified atom stereocenters. The van der Waals surface area contributed by atoms with Gasteiger partial charge in [0.25, 0.3) is 0 Å². The summed E-state index contributed by atoms with van der Waals surface area (Å²) in [7, 11) is 1.66. The van der Waals surface area contributed by atoms with E-state index in [1.807, 2.05) is 24.3 Å². The monoisotopic (exact) mass is 443 g/mol. The predicted molar refractivity (Wildman–Crippen MR) is 113 cm³/mol. The number of likely N-dealkylation sites (tertiary alicyclic amines) is 1. The lowest BCUT2D eigenvalue weighted by Gasteiger charge is -2.26. The second-order valence-corrected chi connectivity index (χ2v) is 7.82. The van der Waals surface area contributed by atoms with E-state index in [0.29, 0.717) is 38.6 Å². The van der Waals surface area contributed by atoms with Gasteiger partial charge in [-0.05, 0) is 12.5 Å². The molecule has 0 aromatic heterocycles. The summed E-state index contributed by atoms with van der Waals surface area (Å²) in [6.45, 7) is 5.25. The third-order valence-electron chi connectivity index (χ3n) is 5.43. The molecule has 0 aliphatic carbocycles. The highest BCUT2D eigenvalue weighted by atomic mass is 19.4. The average Bonchev–Trinajstić information content (AvgIpc) is 3.17. The number of nitrogens with zero attached hydrogens (tertiary/aromatic N) is 3. The van der Waals surface area contributed by atoms with E-state index in [4.69, 9.17) is 9.47 Å². The van der Waals surface area contributed by atoms with Crippen molar-refractivity contribution in [3.63, 3.8) is 0 Å². The number of benzene rings is 1. The summed E-state index contributed by atoms with van der Waals surface area (Å²) in [4.78, 5) is 7.95. The Balaban J connectivity index is 1.44. The second kappa shape index (κ2) is 11.5. The molecule has 2 heterocycles. The topological polar surface area (TPSA) is 61.4 Å². The van der Waals surface area contributed by atoms with Gasteiger partial charge in [0.1, 0.15) is 12.4 Å². The zero-order valence-electron chi connectivity index (χ0n) is 18.0. The van der Waals surface area contributed by atoms with Crippen LogP contribution in [0, 0.1) is 0 Å². The van der Waals surface area contributed by atoms with Gasteiger partial charge in [-0.25, -0.2) is 0 Å². The highest BCUT2D eigenvalue weighted by Crippen LogP contribution is 2.20. The van der Waals surface area contributed by atoms with E-state index in [1.165, 1.54) is 4.90 Å². The fraction of sp³-hybridized carbons (Fsp3) is 0.667. The fourth-order valence-electron chi connectivity index (χ4n) is 3.81. The Morgan fingerprint density at radius 3 is 2.71 bits per heavy atom. The molecular weight excluding hydrogens is 411 g/mol. The Hall–Kier alpha value is -2.04. The molecular formula is C21H32F3N5O2. The minimum absolute atomic E-state index is 0.0615. The number of ether oxygens (including phenoxy) is 2. The Kier molecular flexibility index (Phi) is 8.79. The van der Waals surface area contributed by atoms with Crippen LogP contribution in [0.1, 0.15) is 12.0 Å². The van der Waals surface area contributed by atoms with Gasteiger partial charge in [-0.1, -0.05) is 18.2 Å². The Labute approximate surface area is 181 Å². The average molecular weight is 444 g/mol. The zero-order chi connectivity index (χ0) is 22.1. The van der Waals surface area contributed by atoms with E-state index in [0.717, 1.165) is 44.2 Å². The minimum atomic E-state index is -4.17. The number of guanidine groups is 1. The van der Waals surface area contributed by atoms with Crippen LogP contribution in [-0.4, -0.2) is 94.1 Å². The first-order valence-corrected chi connectivity index (χ1v) is 10.7. The number of morpholine rings is 1. The summed E-state index contributed by atoms with van der Waals surface area (Å²) < 4.78 is 49.1. The standard InChI is InChI=1S/C21H32F3N5O2/c1-25-20(27-18-6-7-29(15-18)16-21(22,23)24)26-14-17-4-2-3-5-19(17)31-13-10-28-8-11-30-12-9-28/h2-5,18H,6-16H2,1H3,(H2,25,26,27). The van der Waals surface area contributed by atoms with Crippen molar-refractivity contribution < 1.29 is 22.6 Å². The van der Waals surface area contributed by atoms with Crippen LogP contribution in [0.3, 0.4) is 0 Å². The smallest absolute Gasteiger partial charge is 0.401 e. The summed E-state index contributed by atoms with van der Waals surface area (Å²) in [5, 5.41) is 6.47. The van der Waals surface area contributed by atoms with Crippen molar-refractivity contribution in [2.75, 3.05) is 66.1 Å². The maximum Gasteiger partial charge on any atom is 0.401 e. The maximum absolute atomic E-state index is 12.6. The number of para-hydroxylation sites is 1. The van der Waals surface area contributed by atoms with Gasteiger partial charge in [0.15, 0.2) is 5.96 Å². The minimum Gasteiger partial charge on any atom is -0.492 e. The van der Waals surface area contributed by atoms with Crippen molar-refractivity contribution >= 4 is 5.96 Å². The number of rotatable bonds is 8. The molecule has 0 saturated carbocycles. The van der Waals surface area contributed by atoms with Crippen LogP contribution >= 0.6 is 0 Å². The molecule has 1 aromatic carbocycles. The molecule has 1 atom stereocenters. The molecule has 10 heteroatoms. The van der Waals surface area contributed by atoms with Crippen molar-refractivity contribution in [2.45, 2.75) is 25.2 Å². The predicted octanol–water partition coefficient (Wildman–Crippen LogP) is 1.70. The van der Waals surface area contributed by atoms with Gasteiger partial charge in [-0.2, -0.15) is 13.2 Å². The highest BCUT2D eigenvalue weighted by molar-refractivity contribution is 5.80. The van der Waals surface area contributed by atoms with Gasteiger partial charge in [0.05, 0.1) is 19.8 Å². The van der Waals surface area contributed by atoms with Crippen LogP contribution in [0.4, 0.5) is 13.2 Å². The summed E-state index contributed by atoms with van der Waals surface area (Å²) in [5.41, 5.74) is 0.998. The zero-order valence-corrected chi connectivity index (χ0v) is 18.0. The molecule has 0 bridgehead atoms. The molecule has 3 rings (SSSR count). The Morgan fingerprint density at radius 1 is 1.19 bits per heavy atom. The van der Waals surface area contributed by atoms with E-state index >= 15 is 0 Å². The first-order chi connectivity index (χ1) is 14.9. The molecule has 2 aliphatic heterocycles. The van der Waals surface area contributed by atoms with Gasteiger partial charge in [0.2, 0.25) is 0 Å². The lowest BCUT2D eigenvalue weighted by atomic mass is 10.2. The highest BCUT2D eigenvalue weighted by Gasteiger charge is 2.34. The van der Waals surface area contributed by atoms with E-state index in [2.05, 4.69) is 20.5 Å². The third kappa shape index (κ3) is 8.19. The molecule has 7 nitrogen and oxygen atoms in total. The molecule has 2 aliphatic rings. The number of alkyl halides is 3. The van der Waals surface area contributed by atoms with Crippen molar-refractivity contribution in [3.05, 3.63) is 29.8 Å². The largest absolute Gasteiger partial charge is 0.492 e. The second-order valence-electron chi connectivity index (χ2n) is 7.82. The molecule has 174 valence electrons. The lowest BCUT2D eigenvalue weighted by molar-refractivity contribution is -0.143. The molecule has 0 amide bonds. The van der Waals surface area contributed by atoms with E-state index in [1.54, 1.807) is 7.05 Å². The van der Waals surface area contributed by atoms with E-state index < -0.39 is 12.7 Å². The summed E-state index contributed by atoms with van der Waals surface area (Å²) in [6.07, 6.45) is -3.52. The normalized spacial score (nSPS) is 21.3. The van der Waals surface area contributed by atoms with E-state index in [9.17, 15) is 13.2 Å². The van der Waals surface area contributed by atoms with E-state index in [-0.39, 0.29) is 6.04 Å². The Morgan fingerprint density at radius 2 is 1.97 bits per heavy atom. The molecule has 0 spiro atoms. The summed E-state index contributed by atoms with van der Waals surface area (Å²) >= 11 is 0. The van der Waals surface area contributed by atoms with Crippen LogP contribution in [0.2, 0.25) is 0 Å². The van der Waals surface area contributed by atoms with Crippen LogP contribution in [0.25, 0.3) is 0 Å². The van der Waals surface area contributed by atoms with Gasteiger partial charge in [0, 0.05) is 57.9 Å². The first-order valence-electron chi connectivity index (χ1n) is 10.7. The molecule has 2 N–H and O–H groups in total. The lowest BCUT2D eigenvalue weighted by Crippen LogP contribution is -2.45. The van der Waals surface area contributed by atoms with Crippen LogP contribution in [0.5, 0.6) is 5.75 Å². The van der Waals surface area contributed by atoms with Gasteiger partial charge in [-0.15, -0.1) is 0 Å². The fourth-order valence-corrected chi connectivity index (χ4v) is 3.81. The van der Waals surface area contributed by atoms with Gasteiger partial charge in [-0.3, -0.25) is 14.8 Å². The number of aliphatic imine (C=N–C) groups is 1. The molecule has 2 fully saturated rings. The molecule has 1 aromatic rings. The van der Waals surface area contributed by atoms with Crippen molar-refractivity contribution in [1.82, 2.24) is 20.4 Å². The number of halogens is 3. The quantitative estimate of drug-likeness (QED) is 0.471. The van der Waals surface area contributed by atoms with Gasteiger partial charge >= 0.3 is 6.18 Å². The third-order valence-corrected chi connectivity index (χ3v) is 5.43. The van der Waals surface area contributed by atoms with Crippen LogP contribution in [0.15, 0.2) is 29.3 Å². The van der Waals surface area contributed by atoms with Crippen LogP contribution < -0.4 is 15.4 Å². The summed E-state index contributed by atoms with van der Waals surface area (Å²) in [6, 6.07) is 7.76. The SMILES string of the molecule is CN=C(NCc1ccccc1OCCN1CCOCC1)NC1CCN(CC(F)(F)F)C1. The van der Waals surface area contributed by atoms with Gasteiger partial charge < -0.3 is 20.1 Å². The molecule has 0 radical (unpaired) electrons. The molecule has 31 heavy (non-hydrogen) atoms. The number of nitrogens with one attached hydrogen (secondary N) is 2. The Bertz CT molecular complexity index is 711. The summed E-state index contributed by atoms with van der Waals surface area (Å²) in [5.74, 6) is 1.39. The van der Waals surface area contributed by atoms with Crippen molar-refractivity contribution in [2.24, 2.45) is 4.99 Å².